The number of hydrogen-bond donors (Lipinski definition) is 1. The van der Waals surface area contributed by atoms with Gasteiger partial charge in [-0.05, 0) is 44.4 Å². The number of ether oxygens (including phenoxy) is 1. The summed E-state index contributed by atoms with van der Waals surface area (Å²) in [6.07, 6.45) is 3.42. The Bertz CT molecular complexity index is 403. The zero-order chi connectivity index (χ0) is 13.7. The molecule has 4 heteroatoms. The van der Waals surface area contributed by atoms with Crippen molar-refractivity contribution >= 4 is 17.3 Å². The third-order valence-electron chi connectivity index (χ3n) is 3.64. The van der Waals surface area contributed by atoms with Gasteiger partial charge in [0, 0.05) is 19.7 Å². The second-order valence-electron chi connectivity index (χ2n) is 4.93. The third-order valence-corrected chi connectivity index (χ3v) is 3.95. The highest BCUT2D eigenvalue weighted by Gasteiger charge is 2.22. The molecule has 3 nitrogen and oxygen atoms in total. The van der Waals surface area contributed by atoms with E-state index in [1.54, 1.807) is 0 Å². The summed E-state index contributed by atoms with van der Waals surface area (Å²) in [5.74, 6) is 0. The van der Waals surface area contributed by atoms with Gasteiger partial charge in [-0.15, -0.1) is 0 Å². The number of anilines is 1. The highest BCUT2D eigenvalue weighted by Crippen LogP contribution is 2.32. The Labute approximate surface area is 120 Å². The molecular weight excluding hydrogens is 260 g/mol. The van der Waals surface area contributed by atoms with Gasteiger partial charge in [0.1, 0.15) is 0 Å². The van der Waals surface area contributed by atoms with Crippen LogP contribution >= 0.6 is 11.6 Å². The lowest BCUT2D eigenvalue weighted by atomic mass is 10.0. The number of para-hydroxylation sites is 1. The van der Waals surface area contributed by atoms with E-state index in [4.69, 9.17) is 22.1 Å². The van der Waals surface area contributed by atoms with Crippen LogP contribution in [-0.4, -0.2) is 32.3 Å². The van der Waals surface area contributed by atoms with E-state index in [0.29, 0.717) is 12.6 Å². The van der Waals surface area contributed by atoms with Gasteiger partial charge in [0.05, 0.1) is 16.8 Å². The second kappa shape index (κ2) is 7.13. The van der Waals surface area contributed by atoms with Crippen LogP contribution in [0.5, 0.6) is 0 Å². The summed E-state index contributed by atoms with van der Waals surface area (Å²) in [5.41, 5.74) is 8.11. The van der Waals surface area contributed by atoms with Crippen LogP contribution in [0.25, 0.3) is 0 Å². The van der Waals surface area contributed by atoms with Gasteiger partial charge in [0.25, 0.3) is 0 Å². The van der Waals surface area contributed by atoms with Crippen LogP contribution in [0.1, 0.15) is 25.3 Å². The Kier molecular flexibility index (Phi) is 5.49. The van der Waals surface area contributed by atoms with Gasteiger partial charge < -0.3 is 15.4 Å². The van der Waals surface area contributed by atoms with Crippen LogP contribution in [0, 0.1) is 0 Å². The number of hydrogen-bond acceptors (Lipinski definition) is 3. The lowest BCUT2D eigenvalue weighted by Gasteiger charge is -2.35. The Morgan fingerprint density at radius 3 is 2.74 bits per heavy atom. The maximum Gasteiger partial charge on any atom is 0.0642 e. The quantitative estimate of drug-likeness (QED) is 0.902. The van der Waals surface area contributed by atoms with Gasteiger partial charge in [0.15, 0.2) is 0 Å². The molecule has 0 saturated carbocycles. The summed E-state index contributed by atoms with van der Waals surface area (Å²) in [5, 5.41) is 0.834. The fraction of sp³-hybridized carbons (Fsp3) is 0.600. The van der Waals surface area contributed by atoms with Gasteiger partial charge >= 0.3 is 0 Å². The van der Waals surface area contributed by atoms with Crippen molar-refractivity contribution in [2.75, 3.05) is 31.1 Å². The molecule has 1 aliphatic heterocycles. The topological polar surface area (TPSA) is 38.5 Å². The molecule has 0 radical (unpaired) electrons. The average molecular weight is 283 g/mol. The standard InChI is InChI=1S/C15H23ClN2O/c1-2-19-13-7-10-18(11-8-13)15-12(6-9-17)4-3-5-14(15)16/h3-5,13H,2,6-11,17H2,1H3. The number of piperidine rings is 1. The molecular formula is C15H23ClN2O. The molecule has 0 amide bonds. The van der Waals surface area contributed by atoms with E-state index in [-0.39, 0.29) is 0 Å². The number of rotatable bonds is 5. The monoisotopic (exact) mass is 282 g/mol. The van der Waals surface area contributed by atoms with E-state index in [2.05, 4.69) is 17.9 Å². The fourth-order valence-corrected chi connectivity index (χ4v) is 3.07. The second-order valence-corrected chi connectivity index (χ2v) is 5.34. The van der Waals surface area contributed by atoms with E-state index >= 15 is 0 Å². The van der Waals surface area contributed by atoms with Gasteiger partial charge in [-0.25, -0.2) is 0 Å². The number of halogens is 1. The van der Waals surface area contributed by atoms with Crippen molar-refractivity contribution in [1.82, 2.24) is 0 Å². The molecule has 19 heavy (non-hydrogen) atoms. The van der Waals surface area contributed by atoms with Crippen LogP contribution < -0.4 is 10.6 Å². The Hall–Kier alpha value is -0.770. The largest absolute Gasteiger partial charge is 0.378 e. The first kappa shape index (κ1) is 14.6. The minimum atomic E-state index is 0.404. The van der Waals surface area contributed by atoms with E-state index in [0.717, 1.165) is 44.0 Å². The van der Waals surface area contributed by atoms with E-state index in [1.807, 2.05) is 12.1 Å². The molecule has 0 atom stereocenters. The number of benzene rings is 1. The fourth-order valence-electron chi connectivity index (χ4n) is 2.75. The van der Waals surface area contributed by atoms with E-state index in [1.165, 1.54) is 11.3 Å². The first-order chi connectivity index (χ1) is 9.26. The molecule has 106 valence electrons. The molecule has 0 spiro atoms. The molecule has 0 unspecified atom stereocenters. The maximum absolute atomic E-state index is 6.38. The van der Waals surface area contributed by atoms with Crippen LogP contribution in [0.4, 0.5) is 5.69 Å². The lowest BCUT2D eigenvalue weighted by Crippen LogP contribution is -2.37. The first-order valence-corrected chi connectivity index (χ1v) is 7.48. The van der Waals surface area contributed by atoms with Crippen molar-refractivity contribution in [3.8, 4) is 0 Å². The third kappa shape index (κ3) is 3.62. The van der Waals surface area contributed by atoms with Crippen LogP contribution in [0.3, 0.4) is 0 Å². The van der Waals surface area contributed by atoms with Gasteiger partial charge in [-0.2, -0.15) is 0 Å². The molecule has 1 fully saturated rings. The van der Waals surface area contributed by atoms with Crippen molar-refractivity contribution in [1.29, 1.82) is 0 Å². The molecule has 1 aromatic rings. The number of nitrogens with zero attached hydrogens (tertiary/aromatic N) is 1. The summed E-state index contributed by atoms with van der Waals surface area (Å²) in [4.78, 5) is 2.38. The SMILES string of the molecule is CCOC1CCN(c2c(Cl)cccc2CCN)CC1. The van der Waals surface area contributed by atoms with Gasteiger partial charge in [0.2, 0.25) is 0 Å². The normalized spacial score (nSPS) is 16.9. The first-order valence-electron chi connectivity index (χ1n) is 7.10. The van der Waals surface area contributed by atoms with Crippen molar-refractivity contribution in [2.24, 2.45) is 5.73 Å². The van der Waals surface area contributed by atoms with E-state index < -0.39 is 0 Å². The zero-order valence-electron chi connectivity index (χ0n) is 11.6. The summed E-state index contributed by atoms with van der Waals surface area (Å²) >= 11 is 6.38. The van der Waals surface area contributed by atoms with Crippen molar-refractivity contribution in [3.05, 3.63) is 28.8 Å². The summed E-state index contributed by atoms with van der Waals surface area (Å²) < 4.78 is 5.70. The van der Waals surface area contributed by atoms with Crippen molar-refractivity contribution in [3.63, 3.8) is 0 Å². The Morgan fingerprint density at radius 2 is 2.11 bits per heavy atom. The summed E-state index contributed by atoms with van der Waals surface area (Å²) in [6.45, 7) is 5.52. The number of nitrogens with two attached hydrogens (primary N) is 1. The highest BCUT2D eigenvalue weighted by molar-refractivity contribution is 6.33. The average Bonchev–Trinajstić information content (AvgIpc) is 2.41. The van der Waals surface area contributed by atoms with E-state index in [9.17, 15) is 0 Å². The Morgan fingerprint density at radius 1 is 1.37 bits per heavy atom. The smallest absolute Gasteiger partial charge is 0.0642 e. The van der Waals surface area contributed by atoms with Crippen molar-refractivity contribution in [2.45, 2.75) is 32.3 Å². The molecule has 2 N–H and O–H groups in total. The Balaban J connectivity index is 2.10. The summed E-state index contributed by atoms with van der Waals surface area (Å²) in [6, 6.07) is 6.10. The lowest BCUT2D eigenvalue weighted by molar-refractivity contribution is 0.0459. The van der Waals surface area contributed by atoms with Crippen LogP contribution in [0.2, 0.25) is 5.02 Å². The predicted octanol–water partition coefficient (Wildman–Crippen LogP) is 2.85. The minimum absolute atomic E-state index is 0.404. The molecule has 0 aromatic heterocycles. The van der Waals surface area contributed by atoms with Crippen molar-refractivity contribution < 1.29 is 4.74 Å². The van der Waals surface area contributed by atoms with Gasteiger partial charge in [-0.3, -0.25) is 0 Å². The molecule has 0 aliphatic carbocycles. The van der Waals surface area contributed by atoms with Crippen LogP contribution in [-0.2, 0) is 11.2 Å². The zero-order valence-corrected chi connectivity index (χ0v) is 12.3. The molecule has 1 heterocycles. The minimum Gasteiger partial charge on any atom is -0.378 e. The molecule has 1 saturated heterocycles. The molecule has 0 bridgehead atoms. The molecule has 2 rings (SSSR count). The maximum atomic E-state index is 6.38. The van der Waals surface area contributed by atoms with Crippen LogP contribution in [0.15, 0.2) is 18.2 Å². The molecule has 1 aliphatic rings. The van der Waals surface area contributed by atoms with Gasteiger partial charge in [-0.1, -0.05) is 23.7 Å². The predicted molar refractivity (Wildman–Crippen MR) is 81.1 cm³/mol. The highest BCUT2D eigenvalue weighted by atomic mass is 35.5. The summed E-state index contributed by atoms with van der Waals surface area (Å²) in [7, 11) is 0. The molecule has 1 aromatic carbocycles.